The van der Waals surface area contributed by atoms with E-state index in [2.05, 4.69) is 9.88 Å². The second kappa shape index (κ2) is 5.49. The molecule has 104 valence electrons. The van der Waals surface area contributed by atoms with E-state index >= 15 is 0 Å². The number of aldehydes is 1. The van der Waals surface area contributed by atoms with Crippen LogP contribution in [-0.4, -0.2) is 31.0 Å². The Morgan fingerprint density at radius 2 is 2.25 bits per heavy atom. The average molecular weight is 270 g/mol. The van der Waals surface area contributed by atoms with E-state index in [1.807, 2.05) is 24.3 Å². The molecule has 1 fully saturated rings. The molecule has 0 amide bonds. The van der Waals surface area contributed by atoms with Gasteiger partial charge in [0.15, 0.2) is 0 Å². The van der Waals surface area contributed by atoms with E-state index in [0.29, 0.717) is 0 Å². The van der Waals surface area contributed by atoms with Crippen LogP contribution in [-0.2, 0) is 4.79 Å². The summed E-state index contributed by atoms with van der Waals surface area (Å²) in [5.41, 5.74) is 0. The van der Waals surface area contributed by atoms with Crippen LogP contribution in [0.3, 0.4) is 0 Å². The predicted molar refractivity (Wildman–Crippen MR) is 79.3 cm³/mol. The van der Waals surface area contributed by atoms with Gasteiger partial charge in [-0.2, -0.15) is 0 Å². The molecule has 0 spiro atoms. The van der Waals surface area contributed by atoms with E-state index < -0.39 is 0 Å². The van der Waals surface area contributed by atoms with Crippen LogP contribution in [0.15, 0.2) is 30.5 Å². The van der Waals surface area contributed by atoms with Crippen LogP contribution in [0, 0.1) is 0 Å². The van der Waals surface area contributed by atoms with E-state index in [1.165, 1.54) is 0 Å². The van der Waals surface area contributed by atoms with Gasteiger partial charge in [0, 0.05) is 18.1 Å². The third-order valence-electron chi connectivity index (χ3n) is 3.93. The van der Waals surface area contributed by atoms with Crippen molar-refractivity contribution < 1.29 is 9.53 Å². The van der Waals surface area contributed by atoms with Crippen LogP contribution in [0.25, 0.3) is 10.8 Å². The van der Waals surface area contributed by atoms with Crippen molar-refractivity contribution in [3.8, 4) is 5.75 Å². The molecule has 0 saturated carbocycles. The van der Waals surface area contributed by atoms with E-state index in [4.69, 9.17) is 4.74 Å². The molecular weight excluding hydrogens is 252 g/mol. The first kappa shape index (κ1) is 12.9. The highest BCUT2D eigenvalue weighted by Gasteiger charge is 2.24. The van der Waals surface area contributed by atoms with Crippen molar-refractivity contribution >= 4 is 22.9 Å². The van der Waals surface area contributed by atoms with Crippen LogP contribution in [0.4, 0.5) is 5.82 Å². The van der Waals surface area contributed by atoms with E-state index in [9.17, 15) is 4.79 Å². The van der Waals surface area contributed by atoms with Crippen LogP contribution in [0.5, 0.6) is 5.75 Å². The van der Waals surface area contributed by atoms with Gasteiger partial charge < -0.3 is 14.4 Å². The third-order valence-corrected chi connectivity index (χ3v) is 3.93. The fourth-order valence-electron chi connectivity index (χ4n) is 2.85. The molecule has 1 aliphatic heterocycles. The highest BCUT2D eigenvalue weighted by atomic mass is 16.5. The summed E-state index contributed by atoms with van der Waals surface area (Å²) in [5.74, 6) is 1.70. The smallest absolute Gasteiger partial charge is 0.142 e. The van der Waals surface area contributed by atoms with Gasteiger partial charge in [-0.15, -0.1) is 0 Å². The Hall–Kier alpha value is -2.10. The number of rotatable bonds is 3. The minimum Gasteiger partial charge on any atom is -0.497 e. The van der Waals surface area contributed by atoms with Gasteiger partial charge in [0.1, 0.15) is 17.9 Å². The number of nitrogens with zero attached hydrogens (tertiary/aromatic N) is 2. The summed E-state index contributed by atoms with van der Waals surface area (Å²) in [4.78, 5) is 17.9. The van der Waals surface area contributed by atoms with Gasteiger partial charge in [-0.25, -0.2) is 4.98 Å². The number of anilines is 1. The fourth-order valence-corrected chi connectivity index (χ4v) is 2.85. The lowest BCUT2D eigenvalue weighted by Crippen LogP contribution is -2.41. The molecule has 1 saturated heterocycles. The first-order valence-corrected chi connectivity index (χ1v) is 6.98. The predicted octanol–water partition coefficient (Wildman–Crippen LogP) is 2.80. The largest absolute Gasteiger partial charge is 0.497 e. The number of carbonyl (C=O) groups is 1. The summed E-state index contributed by atoms with van der Waals surface area (Å²) in [7, 11) is 1.66. The van der Waals surface area contributed by atoms with E-state index in [1.54, 1.807) is 13.3 Å². The normalized spacial score (nSPS) is 19.1. The van der Waals surface area contributed by atoms with Crippen molar-refractivity contribution in [1.29, 1.82) is 0 Å². The number of carbonyl (C=O) groups excluding carboxylic acids is 1. The van der Waals surface area contributed by atoms with Crippen LogP contribution >= 0.6 is 0 Å². The quantitative estimate of drug-likeness (QED) is 0.804. The van der Waals surface area contributed by atoms with E-state index in [-0.39, 0.29) is 6.04 Å². The number of benzene rings is 1. The molecule has 1 aromatic heterocycles. The molecule has 1 aliphatic rings. The average Bonchev–Trinajstić information content (AvgIpc) is 2.53. The lowest BCUT2D eigenvalue weighted by Gasteiger charge is -2.34. The van der Waals surface area contributed by atoms with Gasteiger partial charge in [0.05, 0.1) is 13.2 Å². The molecule has 3 rings (SSSR count). The number of pyridine rings is 1. The summed E-state index contributed by atoms with van der Waals surface area (Å²) >= 11 is 0. The monoisotopic (exact) mass is 270 g/mol. The van der Waals surface area contributed by atoms with Crippen molar-refractivity contribution in [2.24, 2.45) is 0 Å². The van der Waals surface area contributed by atoms with Gasteiger partial charge in [-0.1, -0.05) is 6.07 Å². The summed E-state index contributed by atoms with van der Waals surface area (Å²) in [5, 5.41) is 2.16. The molecule has 4 heteroatoms. The minimum atomic E-state index is -0.0620. The Balaban J connectivity index is 2.11. The number of aromatic nitrogens is 1. The van der Waals surface area contributed by atoms with E-state index in [0.717, 1.165) is 54.4 Å². The Bertz CT molecular complexity index is 627. The highest BCUT2D eigenvalue weighted by Crippen LogP contribution is 2.31. The van der Waals surface area contributed by atoms with Gasteiger partial charge in [0.2, 0.25) is 0 Å². The lowest BCUT2D eigenvalue weighted by atomic mass is 10.0. The van der Waals surface area contributed by atoms with Crippen molar-refractivity contribution in [3.63, 3.8) is 0 Å². The molecule has 1 atom stereocenters. The van der Waals surface area contributed by atoms with Gasteiger partial charge >= 0.3 is 0 Å². The zero-order valence-electron chi connectivity index (χ0n) is 11.6. The number of ether oxygens (including phenoxy) is 1. The molecule has 20 heavy (non-hydrogen) atoms. The Labute approximate surface area is 118 Å². The van der Waals surface area contributed by atoms with Gasteiger partial charge in [-0.3, -0.25) is 0 Å². The fraction of sp³-hybridized carbons (Fsp3) is 0.375. The number of fused-ring (bicyclic) bond motifs is 1. The van der Waals surface area contributed by atoms with Gasteiger partial charge in [-0.05, 0) is 42.8 Å². The second-order valence-electron chi connectivity index (χ2n) is 5.11. The molecular formula is C16H18N2O2. The standard InChI is InChI=1S/C16H18N2O2/c1-20-14-6-5-12-7-8-17-16(15(12)10-14)18-9-3-2-4-13(18)11-19/h5-8,10-11,13H,2-4,9H2,1H3. The molecule has 0 radical (unpaired) electrons. The van der Waals surface area contributed by atoms with Gasteiger partial charge in [0.25, 0.3) is 0 Å². The van der Waals surface area contributed by atoms with Crippen LogP contribution in [0.2, 0.25) is 0 Å². The Kier molecular flexibility index (Phi) is 3.54. The first-order valence-electron chi connectivity index (χ1n) is 6.98. The molecule has 1 unspecified atom stereocenters. The summed E-state index contributed by atoms with van der Waals surface area (Å²) < 4.78 is 5.30. The zero-order chi connectivity index (χ0) is 13.9. The third kappa shape index (κ3) is 2.22. The molecule has 0 aliphatic carbocycles. The molecule has 0 bridgehead atoms. The summed E-state index contributed by atoms with van der Waals surface area (Å²) in [6, 6.07) is 7.89. The topological polar surface area (TPSA) is 42.4 Å². The van der Waals surface area contributed by atoms with Crippen molar-refractivity contribution in [2.45, 2.75) is 25.3 Å². The summed E-state index contributed by atoms with van der Waals surface area (Å²) in [6.07, 6.45) is 5.96. The number of methoxy groups -OCH3 is 1. The number of hydrogen-bond acceptors (Lipinski definition) is 4. The second-order valence-corrected chi connectivity index (χ2v) is 5.11. The Morgan fingerprint density at radius 1 is 1.35 bits per heavy atom. The molecule has 1 aromatic carbocycles. The molecule has 4 nitrogen and oxygen atoms in total. The SMILES string of the molecule is COc1ccc2ccnc(N3CCCCC3C=O)c2c1. The molecule has 0 N–H and O–H groups in total. The summed E-state index contributed by atoms with van der Waals surface area (Å²) in [6.45, 7) is 0.882. The minimum absolute atomic E-state index is 0.0620. The maximum atomic E-state index is 11.3. The van der Waals surface area contributed by atoms with Crippen molar-refractivity contribution in [3.05, 3.63) is 30.5 Å². The lowest BCUT2D eigenvalue weighted by molar-refractivity contribution is -0.109. The Morgan fingerprint density at radius 3 is 3.05 bits per heavy atom. The maximum Gasteiger partial charge on any atom is 0.142 e. The maximum absolute atomic E-state index is 11.3. The van der Waals surface area contributed by atoms with Crippen molar-refractivity contribution in [1.82, 2.24) is 4.98 Å². The zero-order valence-corrected chi connectivity index (χ0v) is 11.6. The molecule has 2 aromatic rings. The van der Waals surface area contributed by atoms with Crippen molar-refractivity contribution in [2.75, 3.05) is 18.6 Å². The number of piperidine rings is 1. The van der Waals surface area contributed by atoms with Crippen LogP contribution in [0.1, 0.15) is 19.3 Å². The number of hydrogen-bond donors (Lipinski definition) is 0. The highest BCUT2D eigenvalue weighted by molar-refractivity contribution is 5.94. The first-order chi connectivity index (χ1) is 9.83. The van der Waals surface area contributed by atoms with Crippen LogP contribution < -0.4 is 9.64 Å². The molecule has 2 heterocycles.